The predicted molar refractivity (Wildman–Crippen MR) is 91.4 cm³/mol. The zero-order valence-electron chi connectivity index (χ0n) is 14.4. The minimum Gasteiger partial charge on any atom is -0.493 e. The molecule has 1 heterocycles. The highest BCUT2D eigenvalue weighted by Gasteiger charge is 2.26. The highest BCUT2D eigenvalue weighted by atomic mass is 16.6. The molecular weight excluding hydrogens is 340 g/mol. The Kier molecular flexibility index (Phi) is 4.97. The molecule has 2 aromatic rings. The maximum atomic E-state index is 12.5. The van der Waals surface area contributed by atoms with Gasteiger partial charge < -0.3 is 14.8 Å². The number of nitrogens with one attached hydrogen (secondary N) is 1. The van der Waals surface area contributed by atoms with Crippen LogP contribution in [0.4, 0.5) is 5.69 Å². The van der Waals surface area contributed by atoms with Gasteiger partial charge in [-0.2, -0.15) is 0 Å². The average Bonchev–Trinajstić information content (AvgIpc) is 3.50. The Labute approximate surface area is 149 Å². The van der Waals surface area contributed by atoms with Crippen LogP contribution in [0.25, 0.3) is 0 Å². The lowest BCUT2D eigenvalue weighted by Crippen LogP contribution is -2.24. The number of ether oxygens (including phenoxy) is 2. The fourth-order valence-corrected chi connectivity index (χ4v) is 2.58. The summed E-state index contributed by atoms with van der Waals surface area (Å²) >= 11 is 0. The van der Waals surface area contributed by atoms with Crippen LogP contribution in [0.2, 0.25) is 0 Å². The van der Waals surface area contributed by atoms with Crippen molar-refractivity contribution in [2.24, 2.45) is 0 Å². The van der Waals surface area contributed by atoms with Crippen molar-refractivity contribution < 1.29 is 19.2 Å². The van der Waals surface area contributed by atoms with Crippen LogP contribution < -0.4 is 14.8 Å². The van der Waals surface area contributed by atoms with Gasteiger partial charge in [0.1, 0.15) is 11.9 Å². The smallest absolute Gasteiger partial charge is 0.286 e. The summed E-state index contributed by atoms with van der Waals surface area (Å²) in [6.07, 6.45) is 3.69. The normalized spacial score (nSPS) is 13.2. The first-order valence-electron chi connectivity index (χ1n) is 8.03. The van der Waals surface area contributed by atoms with Gasteiger partial charge >= 0.3 is 0 Å². The van der Waals surface area contributed by atoms with E-state index in [4.69, 9.17) is 9.47 Å². The monoisotopic (exact) mass is 358 g/mol. The number of rotatable bonds is 7. The SMILES string of the molecule is COc1cc(C(=O)NCc2cc(C3CC3)ncn2)c([N+](=O)[O-])cc1OC. The molecule has 0 spiro atoms. The Balaban J connectivity index is 1.80. The third kappa shape index (κ3) is 3.71. The Hall–Kier alpha value is -3.23. The van der Waals surface area contributed by atoms with Gasteiger partial charge in [-0.15, -0.1) is 0 Å². The molecule has 0 aliphatic heterocycles. The van der Waals surface area contributed by atoms with E-state index < -0.39 is 10.8 Å². The van der Waals surface area contributed by atoms with Gasteiger partial charge in [-0.3, -0.25) is 14.9 Å². The number of nitro groups is 1. The molecule has 0 bridgehead atoms. The van der Waals surface area contributed by atoms with Crippen LogP contribution >= 0.6 is 0 Å². The van der Waals surface area contributed by atoms with Crippen LogP contribution in [0.15, 0.2) is 24.5 Å². The molecule has 0 radical (unpaired) electrons. The zero-order chi connectivity index (χ0) is 18.7. The number of hydrogen-bond donors (Lipinski definition) is 1. The number of carbonyl (C=O) groups excluding carboxylic acids is 1. The second-order valence-electron chi connectivity index (χ2n) is 5.87. The first-order valence-corrected chi connectivity index (χ1v) is 8.03. The molecule has 1 aliphatic carbocycles. The number of benzene rings is 1. The fourth-order valence-electron chi connectivity index (χ4n) is 2.58. The van der Waals surface area contributed by atoms with Gasteiger partial charge in [0.25, 0.3) is 11.6 Å². The third-order valence-corrected chi connectivity index (χ3v) is 4.11. The van der Waals surface area contributed by atoms with Gasteiger partial charge in [-0.1, -0.05) is 0 Å². The molecule has 1 amide bonds. The van der Waals surface area contributed by atoms with Crippen LogP contribution in [0, 0.1) is 10.1 Å². The van der Waals surface area contributed by atoms with Crippen LogP contribution in [0.1, 0.15) is 40.5 Å². The van der Waals surface area contributed by atoms with Crippen molar-refractivity contribution in [3.05, 3.63) is 51.6 Å². The highest BCUT2D eigenvalue weighted by molar-refractivity contribution is 5.99. The Bertz CT molecular complexity index is 851. The first kappa shape index (κ1) is 17.6. The van der Waals surface area contributed by atoms with Crippen LogP contribution in [-0.4, -0.2) is 35.0 Å². The van der Waals surface area contributed by atoms with Crippen molar-refractivity contribution in [2.75, 3.05) is 14.2 Å². The van der Waals surface area contributed by atoms with E-state index in [-0.39, 0.29) is 29.3 Å². The molecule has 136 valence electrons. The Morgan fingerprint density at radius 1 is 1.23 bits per heavy atom. The van der Waals surface area contributed by atoms with Gasteiger partial charge in [0.15, 0.2) is 11.5 Å². The van der Waals surface area contributed by atoms with Crippen molar-refractivity contribution in [3.8, 4) is 11.5 Å². The number of nitrogens with zero attached hydrogens (tertiary/aromatic N) is 3. The molecule has 26 heavy (non-hydrogen) atoms. The number of aromatic nitrogens is 2. The minimum absolute atomic E-state index is 0.107. The highest BCUT2D eigenvalue weighted by Crippen LogP contribution is 2.38. The van der Waals surface area contributed by atoms with Crippen molar-refractivity contribution in [1.82, 2.24) is 15.3 Å². The van der Waals surface area contributed by atoms with E-state index in [9.17, 15) is 14.9 Å². The summed E-state index contributed by atoms with van der Waals surface area (Å²) in [6.45, 7) is 0.145. The maximum Gasteiger partial charge on any atom is 0.286 e. The minimum atomic E-state index is -0.632. The Morgan fingerprint density at radius 3 is 2.54 bits per heavy atom. The van der Waals surface area contributed by atoms with Crippen molar-refractivity contribution in [3.63, 3.8) is 0 Å². The number of amides is 1. The summed E-state index contributed by atoms with van der Waals surface area (Å²) in [6, 6.07) is 4.31. The fraction of sp³-hybridized carbons (Fsp3) is 0.353. The zero-order valence-corrected chi connectivity index (χ0v) is 14.4. The first-order chi connectivity index (χ1) is 12.5. The quantitative estimate of drug-likeness (QED) is 0.595. The molecule has 1 N–H and O–H groups in total. The van der Waals surface area contributed by atoms with E-state index in [2.05, 4.69) is 15.3 Å². The topological polar surface area (TPSA) is 116 Å². The number of carbonyl (C=O) groups is 1. The molecule has 9 nitrogen and oxygen atoms in total. The lowest BCUT2D eigenvalue weighted by atomic mass is 10.1. The van der Waals surface area contributed by atoms with E-state index >= 15 is 0 Å². The molecule has 1 saturated carbocycles. The second-order valence-corrected chi connectivity index (χ2v) is 5.87. The summed E-state index contributed by atoms with van der Waals surface area (Å²) in [5.74, 6) is 0.297. The second kappa shape index (κ2) is 7.34. The van der Waals surface area contributed by atoms with Gasteiger partial charge in [0.2, 0.25) is 0 Å². The molecule has 1 aromatic heterocycles. The Morgan fingerprint density at radius 2 is 1.92 bits per heavy atom. The van der Waals surface area contributed by atoms with E-state index in [1.165, 1.54) is 32.7 Å². The van der Waals surface area contributed by atoms with E-state index in [1.54, 1.807) is 0 Å². The molecule has 0 unspecified atom stereocenters. The average molecular weight is 358 g/mol. The summed E-state index contributed by atoms with van der Waals surface area (Å²) < 4.78 is 10.2. The summed E-state index contributed by atoms with van der Waals surface area (Å²) in [5, 5.41) is 14.0. The molecule has 1 fully saturated rings. The molecule has 0 atom stereocenters. The van der Waals surface area contributed by atoms with E-state index in [0.717, 1.165) is 18.5 Å². The predicted octanol–water partition coefficient (Wildman–Crippen LogP) is 2.21. The third-order valence-electron chi connectivity index (χ3n) is 4.11. The molecule has 3 rings (SSSR count). The van der Waals surface area contributed by atoms with Crippen LogP contribution in [0.3, 0.4) is 0 Å². The van der Waals surface area contributed by atoms with Crippen LogP contribution in [0.5, 0.6) is 11.5 Å². The summed E-state index contributed by atoms with van der Waals surface area (Å²) in [7, 11) is 2.76. The molecule has 1 aliphatic rings. The van der Waals surface area contributed by atoms with Crippen molar-refractivity contribution >= 4 is 11.6 Å². The largest absolute Gasteiger partial charge is 0.493 e. The van der Waals surface area contributed by atoms with Crippen molar-refractivity contribution in [1.29, 1.82) is 0 Å². The standard InChI is InChI=1S/C17H18N4O5/c1-25-15-6-12(14(21(23)24)7-16(15)26-2)17(22)18-8-11-5-13(10-3-4-10)20-9-19-11/h5-7,9-10H,3-4,8H2,1-2H3,(H,18,22). The maximum absolute atomic E-state index is 12.5. The van der Waals surface area contributed by atoms with Gasteiger partial charge in [0.05, 0.1) is 37.4 Å². The van der Waals surface area contributed by atoms with Crippen LogP contribution in [-0.2, 0) is 6.54 Å². The van der Waals surface area contributed by atoms with E-state index in [0.29, 0.717) is 11.6 Å². The lowest BCUT2D eigenvalue weighted by Gasteiger charge is -2.11. The van der Waals surface area contributed by atoms with E-state index in [1.807, 2.05) is 6.07 Å². The number of hydrogen-bond acceptors (Lipinski definition) is 7. The lowest BCUT2D eigenvalue weighted by molar-refractivity contribution is -0.385. The summed E-state index contributed by atoms with van der Waals surface area (Å²) in [4.78, 5) is 31.5. The van der Waals surface area contributed by atoms with Crippen molar-refractivity contribution in [2.45, 2.75) is 25.3 Å². The molecule has 1 aromatic carbocycles. The van der Waals surface area contributed by atoms with Gasteiger partial charge in [0, 0.05) is 17.7 Å². The molecular formula is C17H18N4O5. The number of methoxy groups -OCH3 is 2. The van der Waals surface area contributed by atoms with Gasteiger partial charge in [-0.05, 0) is 18.9 Å². The molecule has 0 saturated heterocycles. The molecule has 9 heteroatoms. The van der Waals surface area contributed by atoms with Gasteiger partial charge in [-0.25, -0.2) is 9.97 Å². The summed E-state index contributed by atoms with van der Waals surface area (Å²) in [5.41, 5.74) is 1.14. The number of nitro benzene ring substituents is 1.